The van der Waals surface area contributed by atoms with E-state index in [2.05, 4.69) is 15.5 Å². The molecule has 1 aromatic heterocycles. The number of nitrogens with one attached hydrogen (secondary N) is 2. The molecule has 0 bridgehead atoms. The number of rotatable bonds is 2. The van der Waals surface area contributed by atoms with Crippen LogP contribution in [0.2, 0.25) is 0 Å². The molecule has 0 atom stereocenters. The number of carbonyl (C=O) groups is 1. The zero-order chi connectivity index (χ0) is 10.0. The van der Waals surface area contributed by atoms with Gasteiger partial charge in [0.2, 0.25) is 5.69 Å². The Kier molecular flexibility index (Phi) is 2.27. The van der Waals surface area contributed by atoms with Crippen molar-refractivity contribution < 1.29 is 9.72 Å². The van der Waals surface area contributed by atoms with Crippen molar-refractivity contribution in [2.45, 2.75) is 6.92 Å². The molecule has 0 aromatic carbocycles. The summed E-state index contributed by atoms with van der Waals surface area (Å²) in [6.07, 6.45) is 0. The topological polar surface area (TPSA) is 101 Å². The molecule has 0 unspecified atom stereocenters. The van der Waals surface area contributed by atoms with Crippen LogP contribution in [-0.2, 0) is 0 Å². The Morgan fingerprint density at radius 3 is 2.77 bits per heavy atom. The fourth-order valence-electron chi connectivity index (χ4n) is 0.933. The number of aromatic nitrogens is 2. The van der Waals surface area contributed by atoms with Gasteiger partial charge in [-0.2, -0.15) is 5.10 Å². The molecule has 0 radical (unpaired) electrons. The molecule has 7 heteroatoms. The van der Waals surface area contributed by atoms with Gasteiger partial charge in [-0.15, -0.1) is 0 Å². The molecule has 0 aliphatic heterocycles. The van der Waals surface area contributed by atoms with E-state index in [-0.39, 0.29) is 17.1 Å². The number of H-pyrrole nitrogens is 1. The van der Waals surface area contributed by atoms with Crippen molar-refractivity contribution in [3.63, 3.8) is 0 Å². The molecular weight excluding hydrogens is 176 g/mol. The Balaban J connectivity index is 3.22. The first-order valence-corrected chi connectivity index (χ1v) is 3.49. The van der Waals surface area contributed by atoms with Gasteiger partial charge < -0.3 is 5.32 Å². The first-order valence-electron chi connectivity index (χ1n) is 3.49. The van der Waals surface area contributed by atoms with Crippen molar-refractivity contribution in [2.24, 2.45) is 0 Å². The summed E-state index contributed by atoms with van der Waals surface area (Å²) in [5.74, 6) is -0.549. The van der Waals surface area contributed by atoms with E-state index < -0.39 is 10.8 Å². The summed E-state index contributed by atoms with van der Waals surface area (Å²) in [7, 11) is 1.39. The third-order valence-corrected chi connectivity index (χ3v) is 1.55. The number of aromatic amines is 1. The molecule has 13 heavy (non-hydrogen) atoms. The molecule has 1 aromatic rings. The lowest BCUT2D eigenvalue weighted by atomic mass is 10.3. The van der Waals surface area contributed by atoms with Crippen molar-refractivity contribution in [3.05, 3.63) is 21.5 Å². The maximum absolute atomic E-state index is 11.1. The van der Waals surface area contributed by atoms with Crippen LogP contribution < -0.4 is 5.32 Å². The summed E-state index contributed by atoms with van der Waals surface area (Å²) < 4.78 is 0. The van der Waals surface area contributed by atoms with Crippen molar-refractivity contribution in [2.75, 3.05) is 7.05 Å². The number of carbonyl (C=O) groups excluding carboxylic acids is 1. The quantitative estimate of drug-likeness (QED) is 0.498. The Morgan fingerprint density at radius 1 is 1.69 bits per heavy atom. The monoisotopic (exact) mass is 184 g/mol. The van der Waals surface area contributed by atoms with Gasteiger partial charge in [-0.3, -0.25) is 20.0 Å². The van der Waals surface area contributed by atoms with Gasteiger partial charge >= 0.3 is 5.69 Å². The van der Waals surface area contributed by atoms with E-state index in [9.17, 15) is 14.9 Å². The average molecular weight is 184 g/mol. The lowest BCUT2D eigenvalue weighted by molar-refractivity contribution is -0.385. The van der Waals surface area contributed by atoms with Gasteiger partial charge in [0.25, 0.3) is 5.91 Å². The highest BCUT2D eigenvalue weighted by Gasteiger charge is 2.25. The van der Waals surface area contributed by atoms with E-state index in [1.54, 1.807) is 0 Å². The third kappa shape index (κ3) is 1.48. The Labute approximate surface area is 73.3 Å². The van der Waals surface area contributed by atoms with Crippen LogP contribution in [0.1, 0.15) is 16.2 Å². The fourth-order valence-corrected chi connectivity index (χ4v) is 0.933. The third-order valence-electron chi connectivity index (χ3n) is 1.55. The van der Waals surface area contributed by atoms with Gasteiger partial charge in [0, 0.05) is 7.05 Å². The zero-order valence-electron chi connectivity index (χ0n) is 7.12. The second-order valence-corrected chi connectivity index (χ2v) is 2.37. The average Bonchev–Trinajstić information content (AvgIpc) is 2.45. The molecule has 2 N–H and O–H groups in total. The largest absolute Gasteiger partial charge is 0.354 e. The molecule has 7 nitrogen and oxygen atoms in total. The van der Waals surface area contributed by atoms with Crippen LogP contribution >= 0.6 is 0 Å². The normalized spacial score (nSPS) is 9.69. The number of hydrogen-bond donors (Lipinski definition) is 2. The first kappa shape index (κ1) is 9.17. The van der Waals surface area contributed by atoms with E-state index in [1.165, 1.54) is 14.0 Å². The van der Waals surface area contributed by atoms with Crippen LogP contribution in [0.5, 0.6) is 0 Å². The second-order valence-electron chi connectivity index (χ2n) is 2.37. The number of hydrogen-bond acceptors (Lipinski definition) is 4. The number of amides is 1. The summed E-state index contributed by atoms with van der Waals surface area (Å²) in [5.41, 5.74) is -0.201. The minimum Gasteiger partial charge on any atom is -0.354 e. The highest BCUT2D eigenvalue weighted by atomic mass is 16.6. The number of aryl methyl sites for hydroxylation is 1. The minimum absolute atomic E-state index is 0.120. The van der Waals surface area contributed by atoms with Gasteiger partial charge in [0.05, 0.1) is 4.92 Å². The SMILES string of the molecule is CNC(=O)c1[nH]nc(C)c1[N+](=O)[O-]. The van der Waals surface area contributed by atoms with E-state index in [0.717, 1.165) is 0 Å². The molecule has 0 saturated heterocycles. The molecule has 1 amide bonds. The Morgan fingerprint density at radius 2 is 2.31 bits per heavy atom. The summed E-state index contributed by atoms with van der Waals surface area (Å²) in [4.78, 5) is 20.9. The predicted molar refractivity (Wildman–Crippen MR) is 43.4 cm³/mol. The second kappa shape index (κ2) is 3.21. The summed E-state index contributed by atoms with van der Waals surface area (Å²) in [6.45, 7) is 1.46. The molecule has 1 heterocycles. The Hall–Kier alpha value is -1.92. The van der Waals surface area contributed by atoms with Crippen molar-refractivity contribution in [1.29, 1.82) is 0 Å². The van der Waals surface area contributed by atoms with E-state index in [4.69, 9.17) is 0 Å². The van der Waals surface area contributed by atoms with Crippen LogP contribution in [0.25, 0.3) is 0 Å². The summed E-state index contributed by atoms with van der Waals surface area (Å²) in [5, 5.41) is 18.6. The van der Waals surface area contributed by atoms with Crippen LogP contribution in [0, 0.1) is 17.0 Å². The maximum atomic E-state index is 11.1. The molecular formula is C6H8N4O3. The van der Waals surface area contributed by atoms with E-state index in [0.29, 0.717) is 0 Å². The van der Waals surface area contributed by atoms with Crippen LogP contribution in [0.3, 0.4) is 0 Å². The van der Waals surface area contributed by atoms with E-state index in [1.807, 2.05) is 0 Å². The molecule has 0 aliphatic rings. The molecule has 0 saturated carbocycles. The zero-order valence-corrected chi connectivity index (χ0v) is 7.12. The molecule has 0 spiro atoms. The molecule has 1 rings (SSSR count). The van der Waals surface area contributed by atoms with E-state index >= 15 is 0 Å². The summed E-state index contributed by atoms with van der Waals surface area (Å²) >= 11 is 0. The minimum atomic E-state index is -0.636. The van der Waals surface area contributed by atoms with Crippen molar-refractivity contribution in [3.8, 4) is 0 Å². The molecule has 0 aliphatic carbocycles. The van der Waals surface area contributed by atoms with Gasteiger partial charge in [-0.25, -0.2) is 0 Å². The predicted octanol–water partition coefficient (Wildman–Crippen LogP) is -0.0141. The van der Waals surface area contributed by atoms with Crippen LogP contribution in [0.15, 0.2) is 0 Å². The molecule has 0 fully saturated rings. The van der Waals surface area contributed by atoms with Gasteiger partial charge in [0.15, 0.2) is 0 Å². The number of nitrogens with zero attached hydrogens (tertiary/aromatic N) is 2. The van der Waals surface area contributed by atoms with Crippen molar-refractivity contribution in [1.82, 2.24) is 15.5 Å². The Bertz CT molecular complexity index is 357. The molecule has 70 valence electrons. The van der Waals surface area contributed by atoms with Crippen molar-refractivity contribution >= 4 is 11.6 Å². The summed E-state index contributed by atoms with van der Waals surface area (Å²) in [6, 6.07) is 0. The van der Waals surface area contributed by atoms with Gasteiger partial charge in [0.1, 0.15) is 5.69 Å². The smallest absolute Gasteiger partial charge is 0.322 e. The maximum Gasteiger partial charge on any atom is 0.322 e. The standard InChI is InChI=1S/C6H8N4O3/c1-3-5(10(12)13)4(9-8-3)6(11)7-2/h1-2H3,(H,7,11)(H,8,9). The van der Waals surface area contributed by atoms with Gasteiger partial charge in [-0.05, 0) is 6.92 Å². The first-order chi connectivity index (χ1) is 6.07. The van der Waals surface area contributed by atoms with Crippen LogP contribution in [-0.4, -0.2) is 28.1 Å². The van der Waals surface area contributed by atoms with Gasteiger partial charge in [-0.1, -0.05) is 0 Å². The lowest BCUT2D eigenvalue weighted by Crippen LogP contribution is -2.19. The lowest BCUT2D eigenvalue weighted by Gasteiger charge is -1.94. The van der Waals surface area contributed by atoms with Crippen LogP contribution in [0.4, 0.5) is 5.69 Å². The highest BCUT2D eigenvalue weighted by Crippen LogP contribution is 2.19. The fraction of sp³-hybridized carbons (Fsp3) is 0.333. The highest BCUT2D eigenvalue weighted by molar-refractivity contribution is 5.96. The number of nitro groups is 1.